The van der Waals surface area contributed by atoms with Crippen LogP contribution in [0.15, 0.2) is 18.2 Å². The van der Waals surface area contributed by atoms with E-state index in [0.29, 0.717) is 13.1 Å². The first kappa shape index (κ1) is 17.1. The third-order valence-corrected chi connectivity index (χ3v) is 5.31. The van der Waals surface area contributed by atoms with E-state index in [9.17, 15) is 4.79 Å². The van der Waals surface area contributed by atoms with Gasteiger partial charge in [0.05, 0.1) is 7.11 Å². The summed E-state index contributed by atoms with van der Waals surface area (Å²) in [7, 11) is 1.69. The predicted molar refractivity (Wildman–Crippen MR) is 93.4 cm³/mol. The molecule has 1 amide bonds. The number of nitrogens with two attached hydrogens (primary N) is 1. The van der Waals surface area contributed by atoms with Gasteiger partial charge in [0.2, 0.25) is 0 Å². The number of amides is 1. The summed E-state index contributed by atoms with van der Waals surface area (Å²) in [4.78, 5) is 14.1. The molecule has 132 valence electrons. The minimum atomic E-state index is -0.462. The van der Waals surface area contributed by atoms with Crippen molar-refractivity contribution in [2.45, 2.75) is 57.1 Å². The predicted octanol–water partition coefficient (Wildman–Crippen LogP) is 2.85. The standard InChI is InChI=1S/C19H28N2O3/c1-18(2,3)24-17(22)21-9-7-19(8-10-21)15-12-14(23-4)6-5-13(15)11-16(19)20/h5-6,12,16H,7-11,20H2,1-4H3. The number of likely N-dealkylation sites (tertiary alicyclic amines) is 1. The van der Waals surface area contributed by atoms with E-state index in [-0.39, 0.29) is 17.6 Å². The number of carbonyl (C=O) groups excluding carboxylic acids is 1. The second-order valence-electron chi connectivity index (χ2n) is 7.96. The van der Waals surface area contributed by atoms with Crippen molar-refractivity contribution in [2.24, 2.45) is 5.73 Å². The Kier molecular flexibility index (Phi) is 4.24. The lowest BCUT2D eigenvalue weighted by molar-refractivity contribution is 0.0155. The molecule has 1 aromatic carbocycles. The van der Waals surface area contributed by atoms with E-state index < -0.39 is 5.60 Å². The third-order valence-electron chi connectivity index (χ3n) is 5.31. The number of hydrogen-bond donors (Lipinski definition) is 1. The largest absolute Gasteiger partial charge is 0.497 e. The lowest BCUT2D eigenvalue weighted by Crippen LogP contribution is -2.52. The average molecular weight is 332 g/mol. The normalized spacial score (nSPS) is 22.4. The van der Waals surface area contributed by atoms with Crippen molar-refractivity contribution in [2.75, 3.05) is 20.2 Å². The van der Waals surface area contributed by atoms with Crippen molar-refractivity contribution in [1.82, 2.24) is 4.90 Å². The number of rotatable bonds is 1. The van der Waals surface area contributed by atoms with Gasteiger partial charge in [0.1, 0.15) is 11.4 Å². The molecular formula is C19H28N2O3. The van der Waals surface area contributed by atoms with Gasteiger partial charge in [0, 0.05) is 24.5 Å². The zero-order valence-corrected chi connectivity index (χ0v) is 15.1. The van der Waals surface area contributed by atoms with Crippen LogP contribution >= 0.6 is 0 Å². The topological polar surface area (TPSA) is 64.8 Å². The van der Waals surface area contributed by atoms with Crippen molar-refractivity contribution in [3.63, 3.8) is 0 Å². The Morgan fingerprint density at radius 3 is 2.54 bits per heavy atom. The number of nitrogens with zero attached hydrogens (tertiary/aromatic N) is 1. The Labute approximate surface area is 144 Å². The molecule has 1 aliphatic heterocycles. The molecule has 24 heavy (non-hydrogen) atoms. The van der Waals surface area contributed by atoms with Crippen molar-refractivity contribution in [3.05, 3.63) is 29.3 Å². The summed E-state index contributed by atoms with van der Waals surface area (Å²) in [6, 6.07) is 6.36. The second-order valence-corrected chi connectivity index (χ2v) is 7.96. The fourth-order valence-corrected chi connectivity index (χ4v) is 4.01. The highest BCUT2D eigenvalue weighted by molar-refractivity contribution is 5.68. The zero-order valence-electron chi connectivity index (χ0n) is 15.1. The number of piperidine rings is 1. The number of benzene rings is 1. The van der Waals surface area contributed by atoms with Gasteiger partial charge in [-0.3, -0.25) is 0 Å². The minimum Gasteiger partial charge on any atom is -0.497 e. The summed E-state index contributed by atoms with van der Waals surface area (Å²) in [5.41, 5.74) is 8.64. The Morgan fingerprint density at radius 1 is 1.29 bits per heavy atom. The molecule has 1 atom stereocenters. The van der Waals surface area contributed by atoms with Crippen LogP contribution in [0.25, 0.3) is 0 Å². The monoisotopic (exact) mass is 332 g/mol. The third kappa shape index (κ3) is 2.97. The molecule has 5 heteroatoms. The van der Waals surface area contributed by atoms with Crippen LogP contribution in [0.1, 0.15) is 44.7 Å². The number of hydrogen-bond acceptors (Lipinski definition) is 4. The molecular weight excluding hydrogens is 304 g/mol. The Hall–Kier alpha value is -1.75. The molecule has 3 rings (SSSR count). The molecule has 0 radical (unpaired) electrons. The van der Waals surface area contributed by atoms with Crippen LogP contribution in [-0.4, -0.2) is 42.8 Å². The van der Waals surface area contributed by atoms with E-state index in [1.165, 1.54) is 11.1 Å². The van der Waals surface area contributed by atoms with Gasteiger partial charge >= 0.3 is 6.09 Å². The summed E-state index contributed by atoms with van der Waals surface area (Å²) in [5, 5.41) is 0. The number of carbonyl (C=O) groups is 1. The fraction of sp³-hybridized carbons (Fsp3) is 0.632. The smallest absolute Gasteiger partial charge is 0.410 e. The molecule has 1 heterocycles. The maximum atomic E-state index is 12.3. The molecule has 0 aromatic heterocycles. The average Bonchev–Trinajstić information content (AvgIpc) is 2.78. The summed E-state index contributed by atoms with van der Waals surface area (Å²) in [6.07, 6.45) is 2.40. The van der Waals surface area contributed by atoms with Crippen LogP contribution in [0.3, 0.4) is 0 Å². The molecule has 0 bridgehead atoms. The minimum absolute atomic E-state index is 0.0532. The lowest BCUT2D eigenvalue weighted by Gasteiger charge is -2.43. The molecule has 2 N–H and O–H groups in total. The molecule has 2 aliphatic rings. The van der Waals surface area contributed by atoms with Gasteiger partial charge in [-0.15, -0.1) is 0 Å². The van der Waals surface area contributed by atoms with E-state index in [2.05, 4.69) is 12.1 Å². The molecule has 5 nitrogen and oxygen atoms in total. The van der Waals surface area contributed by atoms with E-state index in [1.54, 1.807) is 12.0 Å². The van der Waals surface area contributed by atoms with Gasteiger partial charge in [-0.2, -0.15) is 0 Å². The number of fused-ring (bicyclic) bond motifs is 2. The zero-order chi connectivity index (χ0) is 17.5. The SMILES string of the molecule is COc1ccc2c(c1)C1(CCN(C(=O)OC(C)(C)C)CC1)C(N)C2. The van der Waals surface area contributed by atoms with Gasteiger partial charge in [0.25, 0.3) is 0 Å². The van der Waals surface area contributed by atoms with Crippen molar-refractivity contribution < 1.29 is 14.3 Å². The highest BCUT2D eigenvalue weighted by Crippen LogP contribution is 2.46. The van der Waals surface area contributed by atoms with Crippen molar-refractivity contribution in [1.29, 1.82) is 0 Å². The first-order chi connectivity index (χ1) is 11.2. The molecule has 0 saturated carbocycles. The van der Waals surface area contributed by atoms with E-state index >= 15 is 0 Å². The maximum absolute atomic E-state index is 12.3. The molecule has 1 fully saturated rings. The number of methoxy groups -OCH3 is 1. The fourth-order valence-electron chi connectivity index (χ4n) is 4.01. The molecule has 1 aliphatic carbocycles. The summed E-state index contributed by atoms with van der Waals surface area (Å²) < 4.78 is 10.9. The number of ether oxygens (including phenoxy) is 2. The first-order valence-corrected chi connectivity index (χ1v) is 8.66. The van der Waals surface area contributed by atoms with E-state index in [4.69, 9.17) is 15.2 Å². The van der Waals surface area contributed by atoms with Crippen LogP contribution in [-0.2, 0) is 16.6 Å². The van der Waals surface area contributed by atoms with E-state index in [0.717, 1.165) is 25.0 Å². The highest BCUT2D eigenvalue weighted by Gasteiger charge is 2.47. The van der Waals surface area contributed by atoms with Crippen molar-refractivity contribution >= 4 is 6.09 Å². The Morgan fingerprint density at radius 2 is 1.96 bits per heavy atom. The Bertz CT molecular complexity index is 628. The van der Waals surface area contributed by atoms with Gasteiger partial charge in [-0.25, -0.2) is 4.79 Å². The second kappa shape index (κ2) is 5.96. The van der Waals surface area contributed by atoms with Crippen molar-refractivity contribution in [3.8, 4) is 5.75 Å². The van der Waals surface area contributed by atoms with Gasteiger partial charge in [-0.1, -0.05) is 6.07 Å². The van der Waals surface area contributed by atoms with Crippen LogP contribution in [0.2, 0.25) is 0 Å². The maximum Gasteiger partial charge on any atom is 0.410 e. The van der Waals surface area contributed by atoms with Crippen LogP contribution < -0.4 is 10.5 Å². The van der Waals surface area contributed by atoms with Crippen LogP contribution in [0, 0.1) is 0 Å². The summed E-state index contributed by atoms with van der Waals surface area (Å²) in [5.74, 6) is 0.872. The van der Waals surface area contributed by atoms with Crippen LogP contribution in [0.4, 0.5) is 4.79 Å². The Balaban J connectivity index is 1.77. The van der Waals surface area contributed by atoms with Gasteiger partial charge in [0.15, 0.2) is 0 Å². The van der Waals surface area contributed by atoms with Gasteiger partial charge in [-0.05, 0) is 63.3 Å². The van der Waals surface area contributed by atoms with E-state index in [1.807, 2.05) is 26.8 Å². The molecule has 1 saturated heterocycles. The van der Waals surface area contributed by atoms with Gasteiger partial charge < -0.3 is 20.1 Å². The summed E-state index contributed by atoms with van der Waals surface area (Å²) >= 11 is 0. The van der Waals surface area contributed by atoms with Crippen LogP contribution in [0.5, 0.6) is 5.75 Å². The molecule has 1 spiro atoms. The summed E-state index contributed by atoms with van der Waals surface area (Å²) in [6.45, 7) is 7.04. The molecule has 1 aromatic rings. The first-order valence-electron chi connectivity index (χ1n) is 8.66. The lowest BCUT2D eigenvalue weighted by atomic mass is 9.71. The molecule has 1 unspecified atom stereocenters. The highest BCUT2D eigenvalue weighted by atomic mass is 16.6. The quantitative estimate of drug-likeness (QED) is 0.859.